The van der Waals surface area contributed by atoms with Crippen LogP contribution in [0.5, 0.6) is 0 Å². The number of halogens is 4. The van der Waals surface area contributed by atoms with Crippen LogP contribution in [0.25, 0.3) is 0 Å². The van der Waals surface area contributed by atoms with Gasteiger partial charge in [0.25, 0.3) is 0 Å². The molecule has 7 heteroatoms. The zero-order chi connectivity index (χ0) is 6.50. The predicted molar refractivity (Wildman–Crippen MR) is 35.6 cm³/mol. The monoisotopic (exact) mass is 304 g/mol. The van der Waals surface area contributed by atoms with Gasteiger partial charge in [0.05, 0.1) is 0 Å². The molecule has 0 aromatic rings. The van der Waals surface area contributed by atoms with Crippen LogP contribution in [0.2, 0.25) is 0 Å². The molecule has 0 rings (SSSR count). The van der Waals surface area contributed by atoms with Crippen LogP contribution in [0.15, 0.2) is 0 Å². The molecular formula is Cl4OSiSn. The molecule has 0 aliphatic carbocycles. The summed E-state index contributed by atoms with van der Waals surface area (Å²) in [5.74, 6) is 0. The van der Waals surface area contributed by atoms with Gasteiger partial charge in [-0.2, -0.15) is 0 Å². The van der Waals surface area contributed by atoms with E-state index in [-0.39, 0.29) is 0 Å². The van der Waals surface area contributed by atoms with Crippen LogP contribution in [0.1, 0.15) is 0 Å². The summed E-state index contributed by atoms with van der Waals surface area (Å²) in [7, 11) is 21.9. The molecule has 0 aromatic heterocycles. The Hall–Kier alpha value is 1.98. The SMILES string of the molecule is O=[Si].[Cl][Sn]([Cl])([Cl])[Cl]. The number of hydrogen-bond acceptors (Lipinski definition) is 1. The molecule has 0 fully saturated rings. The van der Waals surface area contributed by atoms with Crippen molar-refractivity contribution in [1.82, 2.24) is 0 Å². The zero-order valence-electron chi connectivity index (χ0n) is 2.92. The van der Waals surface area contributed by atoms with Crippen molar-refractivity contribution < 1.29 is 4.46 Å². The Labute approximate surface area is 63.5 Å². The third kappa shape index (κ3) is 73.0. The first-order valence-corrected chi connectivity index (χ1v) is 15.8. The molecule has 0 spiro atoms. The molecule has 0 amide bonds. The fraction of sp³-hybridized carbons (Fsp3) is 0. The van der Waals surface area contributed by atoms with E-state index in [1.807, 2.05) is 0 Å². The second kappa shape index (κ2) is 6.10. The molecule has 2 radical (unpaired) electrons. The number of hydrogen-bond donors (Lipinski definition) is 0. The average molecular weight is 305 g/mol. The second-order valence-corrected chi connectivity index (χ2v) is 25.9. The van der Waals surface area contributed by atoms with Gasteiger partial charge in [-0.1, -0.05) is 0 Å². The summed E-state index contributed by atoms with van der Waals surface area (Å²) in [5.41, 5.74) is 0. The van der Waals surface area contributed by atoms with E-state index in [0.717, 1.165) is 0 Å². The molecule has 0 aliphatic rings. The Balaban J connectivity index is 0. The third-order valence-electron chi connectivity index (χ3n) is 0. The second-order valence-electron chi connectivity index (χ2n) is 0.429. The normalized spacial score (nSPS) is 9.14. The van der Waals surface area contributed by atoms with E-state index in [1.165, 1.54) is 0 Å². The summed E-state index contributed by atoms with van der Waals surface area (Å²) >= 11 is -3.29. The van der Waals surface area contributed by atoms with E-state index in [1.54, 1.807) is 10.1 Å². The van der Waals surface area contributed by atoms with Crippen LogP contribution >= 0.6 is 35.7 Å². The molecule has 0 unspecified atom stereocenters. The van der Waals surface area contributed by atoms with Gasteiger partial charge in [0.1, 0.15) is 0 Å². The van der Waals surface area contributed by atoms with Crippen molar-refractivity contribution in [3.05, 3.63) is 0 Å². The van der Waals surface area contributed by atoms with Crippen LogP contribution in [-0.2, 0) is 4.46 Å². The molecular weight excluding hydrogens is 305 g/mol. The molecule has 0 bridgehead atoms. The Morgan fingerprint density at radius 1 is 1.00 bits per heavy atom. The predicted octanol–water partition coefficient (Wildman–Crippen LogP) is 1.88. The molecule has 7 heavy (non-hydrogen) atoms. The van der Waals surface area contributed by atoms with E-state index >= 15 is 0 Å². The van der Waals surface area contributed by atoms with Crippen molar-refractivity contribution in [3.63, 3.8) is 0 Å². The van der Waals surface area contributed by atoms with E-state index in [4.69, 9.17) is 40.1 Å². The Kier molecular flexibility index (Phi) is 10.2. The fourth-order valence-electron chi connectivity index (χ4n) is 0. The average Bonchev–Trinajstić information content (AvgIpc) is 1.36. The maximum absolute atomic E-state index is 8.06. The van der Waals surface area contributed by atoms with E-state index < -0.39 is 13.9 Å². The molecule has 1 nitrogen and oxygen atoms in total. The fourth-order valence-corrected chi connectivity index (χ4v) is 0. The van der Waals surface area contributed by atoms with Crippen molar-refractivity contribution in [3.8, 4) is 0 Å². The van der Waals surface area contributed by atoms with Crippen molar-refractivity contribution in [2.45, 2.75) is 0 Å². The Morgan fingerprint density at radius 2 is 1.00 bits per heavy atom. The molecule has 0 atom stereocenters. The van der Waals surface area contributed by atoms with E-state index in [9.17, 15) is 0 Å². The van der Waals surface area contributed by atoms with E-state index in [0.29, 0.717) is 0 Å². The third-order valence-corrected chi connectivity index (χ3v) is 0. The van der Waals surface area contributed by atoms with Crippen molar-refractivity contribution in [2.75, 3.05) is 0 Å². The van der Waals surface area contributed by atoms with Gasteiger partial charge in [0.2, 0.25) is 0 Å². The van der Waals surface area contributed by atoms with Gasteiger partial charge < -0.3 is 4.46 Å². The van der Waals surface area contributed by atoms with Crippen LogP contribution in [0.4, 0.5) is 0 Å². The zero-order valence-corrected chi connectivity index (χ0v) is 9.80. The van der Waals surface area contributed by atoms with Gasteiger partial charge in [-0.15, -0.1) is 0 Å². The first-order valence-electron chi connectivity index (χ1n) is 0.960. The standard InChI is InChI=1S/4ClH.OSi.Sn/c;;;;1-2;/h4*1H;;/q;;;;;+4/p-4. The van der Waals surface area contributed by atoms with Gasteiger partial charge in [-0.3, -0.25) is 0 Å². The number of rotatable bonds is 0. The first-order chi connectivity index (χ1) is 3.00. The minimum atomic E-state index is -3.29. The summed E-state index contributed by atoms with van der Waals surface area (Å²) in [6.07, 6.45) is 0. The van der Waals surface area contributed by atoms with Crippen LogP contribution in [0.3, 0.4) is 0 Å². The van der Waals surface area contributed by atoms with E-state index in [2.05, 4.69) is 0 Å². The van der Waals surface area contributed by atoms with Crippen molar-refractivity contribution in [2.24, 2.45) is 0 Å². The van der Waals surface area contributed by atoms with Crippen LogP contribution in [0, 0.1) is 0 Å². The summed E-state index contributed by atoms with van der Waals surface area (Å²) in [6.45, 7) is 0. The summed E-state index contributed by atoms with van der Waals surface area (Å²) in [4.78, 5) is 0. The molecule has 0 saturated heterocycles. The summed E-state index contributed by atoms with van der Waals surface area (Å²) in [6, 6.07) is 0. The molecule has 0 aromatic carbocycles. The maximum atomic E-state index is 8.06. The van der Waals surface area contributed by atoms with Gasteiger partial charge in [0.15, 0.2) is 0 Å². The van der Waals surface area contributed by atoms with Crippen LogP contribution < -0.4 is 0 Å². The Morgan fingerprint density at radius 3 is 1.00 bits per heavy atom. The Bertz CT molecular complexity index is 35.4. The van der Waals surface area contributed by atoms with Gasteiger partial charge in [0, 0.05) is 0 Å². The molecule has 42 valence electrons. The molecule has 0 N–H and O–H groups in total. The molecule has 0 aliphatic heterocycles. The minimum absolute atomic E-state index is 1.72. The molecule has 0 saturated carbocycles. The van der Waals surface area contributed by atoms with Crippen molar-refractivity contribution in [1.29, 1.82) is 0 Å². The first kappa shape index (κ1) is 11.7. The van der Waals surface area contributed by atoms with Gasteiger partial charge in [-0.25, -0.2) is 0 Å². The summed E-state index contributed by atoms with van der Waals surface area (Å²) < 4.78 is 8.06. The topological polar surface area (TPSA) is 17.1 Å². The van der Waals surface area contributed by atoms with Gasteiger partial charge >= 0.3 is 59.7 Å². The molecule has 0 heterocycles. The van der Waals surface area contributed by atoms with Crippen LogP contribution in [-0.4, -0.2) is 24.0 Å². The summed E-state index contributed by atoms with van der Waals surface area (Å²) in [5, 5.41) is 0. The quantitative estimate of drug-likeness (QED) is 0.625. The van der Waals surface area contributed by atoms with Gasteiger partial charge in [-0.05, 0) is 0 Å². The van der Waals surface area contributed by atoms with Crippen molar-refractivity contribution >= 4 is 59.7 Å².